The molecule has 10 heteroatoms. The lowest BCUT2D eigenvalue weighted by Crippen LogP contribution is -2.36. The van der Waals surface area contributed by atoms with E-state index in [0.29, 0.717) is 0 Å². The summed E-state index contributed by atoms with van der Waals surface area (Å²) >= 11 is 0. The summed E-state index contributed by atoms with van der Waals surface area (Å²) in [4.78, 5) is 25.7. The summed E-state index contributed by atoms with van der Waals surface area (Å²) < 4.78 is 63.4. The molecule has 1 aromatic carbocycles. The number of rotatable bonds is 5. The lowest BCUT2D eigenvalue weighted by atomic mass is 10.0. The summed E-state index contributed by atoms with van der Waals surface area (Å²) in [7, 11) is 1.36. The molecular weight excluding hydrogens is 419 g/mol. The number of halogens is 3. The van der Waals surface area contributed by atoms with Crippen molar-refractivity contribution in [3.05, 3.63) is 47.0 Å². The van der Waals surface area contributed by atoms with Gasteiger partial charge in [0.25, 0.3) is 11.8 Å². The number of fused-ring (bicyclic) bond motifs is 2. The standard InChI is InChI=1S/C21H22F3NO6/c1-20(2)30-16-15(28-3)14(29-19(16)31-20)10-11(21(22,23)24)8-9-25-17(26)12-6-4-5-7-13(12)18(25)27/h4-7,10,14-16,19H,8-9H2,1-3H3/b11-10+/t14?,15?,16-,19-/m1/s1. The molecule has 2 unspecified atom stereocenters. The number of amides is 2. The summed E-state index contributed by atoms with van der Waals surface area (Å²) in [5, 5.41) is 0. The van der Waals surface area contributed by atoms with Gasteiger partial charge in [-0.05, 0) is 38.5 Å². The molecule has 0 spiro atoms. The van der Waals surface area contributed by atoms with Gasteiger partial charge in [0, 0.05) is 19.2 Å². The zero-order valence-corrected chi connectivity index (χ0v) is 17.1. The Kier molecular flexibility index (Phi) is 5.45. The predicted octanol–water partition coefficient (Wildman–Crippen LogP) is 3.05. The van der Waals surface area contributed by atoms with Gasteiger partial charge in [0.15, 0.2) is 12.1 Å². The highest BCUT2D eigenvalue weighted by Crippen LogP contribution is 2.40. The highest BCUT2D eigenvalue weighted by Gasteiger charge is 2.55. The number of hydrogen-bond acceptors (Lipinski definition) is 6. The van der Waals surface area contributed by atoms with Gasteiger partial charge in [0.2, 0.25) is 0 Å². The molecular formula is C21H22F3NO6. The Balaban J connectivity index is 1.51. The highest BCUT2D eigenvalue weighted by molar-refractivity contribution is 6.21. The van der Waals surface area contributed by atoms with Crippen LogP contribution in [0, 0.1) is 0 Å². The predicted molar refractivity (Wildman–Crippen MR) is 100 cm³/mol. The Morgan fingerprint density at radius 1 is 1.16 bits per heavy atom. The van der Waals surface area contributed by atoms with Crippen molar-refractivity contribution in [2.24, 2.45) is 0 Å². The van der Waals surface area contributed by atoms with E-state index in [9.17, 15) is 22.8 Å². The van der Waals surface area contributed by atoms with Crippen molar-refractivity contribution < 1.29 is 41.7 Å². The molecule has 2 fully saturated rings. The maximum absolute atomic E-state index is 13.7. The van der Waals surface area contributed by atoms with Crippen molar-refractivity contribution in [3.63, 3.8) is 0 Å². The molecule has 3 heterocycles. The minimum atomic E-state index is -4.68. The first-order chi connectivity index (χ1) is 14.5. The van der Waals surface area contributed by atoms with Gasteiger partial charge in [-0.2, -0.15) is 13.2 Å². The molecule has 3 aliphatic rings. The van der Waals surface area contributed by atoms with Crippen LogP contribution in [0.25, 0.3) is 0 Å². The quantitative estimate of drug-likeness (QED) is 0.517. The van der Waals surface area contributed by atoms with Crippen LogP contribution in [0.3, 0.4) is 0 Å². The van der Waals surface area contributed by atoms with E-state index in [4.69, 9.17) is 18.9 Å². The molecule has 0 aliphatic carbocycles. The number of benzene rings is 1. The van der Waals surface area contributed by atoms with Gasteiger partial charge < -0.3 is 18.9 Å². The molecule has 0 radical (unpaired) electrons. The van der Waals surface area contributed by atoms with Crippen molar-refractivity contribution >= 4 is 11.8 Å². The van der Waals surface area contributed by atoms with E-state index in [1.54, 1.807) is 26.0 Å². The van der Waals surface area contributed by atoms with E-state index in [-0.39, 0.29) is 11.1 Å². The Morgan fingerprint density at radius 3 is 2.32 bits per heavy atom. The Morgan fingerprint density at radius 2 is 1.77 bits per heavy atom. The summed E-state index contributed by atoms with van der Waals surface area (Å²) in [6.07, 6.45) is -7.73. The summed E-state index contributed by atoms with van der Waals surface area (Å²) in [5.41, 5.74) is -0.544. The monoisotopic (exact) mass is 441 g/mol. The van der Waals surface area contributed by atoms with Crippen molar-refractivity contribution in [1.82, 2.24) is 4.90 Å². The molecule has 0 saturated carbocycles. The molecule has 0 bridgehead atoms. The van der Waals surface area contributed by atoms with Crippen molar-refractivity contribution in [2.45, 2.75) is 56.8 Å². The lowest BCUT2D eigenvalue weighted by molar-refractivity contribution is -0.211. The largest absolute Gasteiger partial charge is 0.412 e. The Labute approximate surface area is 176 Å². The summed E-state index contributed by atoms with van der Waals surface area (Å²) in [6, 6.07) is 6.15. The fourth-order valence-electron chi connectivity index (χ4n) is 4.10. The molecule has 3 aliphatic heterocycles. The molecule has 0 aromatic heterocycles. The van der Waals surface area contributed by atoms with Gasteiger partial charge in [0.1, 0.15) is 18.3 Å². The molecule has 4 atom stereocenters. The van der Waals surface area contributed by atoms with E-state index in [2.05, 4.69) is 0 Å². The van der Waals surface area contributed by atoms with Crippen LogP contribution in [0.2, 0.25) is 0 Å². The molecule has 168 valence electrons. The van der Waals surface area contributed by atoms with Gasteiger partial charge in [-0.25, -0.2) is 0 Å². The number of methoxy groups -OCH3 is 1. The Bertz CT molecular complexity index is 893. The third-order valence-electron chi connectivity index (χ3n) is 5.51. The van der Waals surface area contributed by atoms with Crippen LogP contribution >= 0.6 is 0 Å². The van der Waals surface area contributed by atoms with Gasteiger partial charge in [-0.3, -0.25) is 14.5 Å². The number of hydrogen-bond donors (Lipinski definition) is 0. The van der Waals surface area contributed by atoms with Crippen LogP contribution in [-0.4, -0.2) is 66.9 Å². The highest BCUT2D eigenvalue weighted by atomic mass is 19.4. The molecule has 4 rings (SSSR count). The van der Waals surface area contributed by atoms with E-state index >= 15 is 0 Å². The summed E-state index contributed by atoms with van der Waals surface area (Å²) in [5.74, 6) is -2.14. The van der Waals surface area contributed by atoms with Gasteiger partial charge in [-0.15, -0.1) is 0 Å². The molecule has 31 heavy (non-hydrogen) atoms. The minimum Gasteiger partial charge on any atom is -0.375 e. The van der Waals surface area contributed by atoms with Gasteiger partial charge in [0.05, 0.1) is 11.1 Å². The number of carbonyl (C=O) groups excluding carboxylic acids is 2. The summed E-state index contributed by atoms with van der Waals surface area (Å²) in [6.45, 7) is 2.94. The van der Waals surface area contributed by atoms with E-state index in [1.807, 2.05) is 0 Å². The first kappa shape index (κ1) is 21.9. The van der Waals surface area contributed by atoms with Crippen molar-refractivity contribution in [2.75, 3.05) is 13.7 Å². The number of ether oxygens (including phenoxy) is 4. The molecule has 1 aromatic rings. The smallest absolute Gasteiger partial charge is 0.375 e. The first-order valence-electron chi connectivity index (χ1n) is 9.79. The average molecular weight is 441 g/mol. The van der Waals surface area contributed by atoms with Crippen molar-refractivity contribution in [3.8, 4) is 0 Å². The zero-order valence-electron chi connectivity index (χ0n) is 17.1. The zero-order chi connectivity index (χ0) is 22.6. The Hall–Kier alpha value is -2.27. The van der Waals surface area contributed by atoms with Crippen LogP contribution in [0.1, 0.15) is 41.0 Å². The molecule has 0 N–H and O–H groups in total. The van der Waals surface area contributed by atoms with Crippen molar-refractivity contribution in [1.29, 1.82) is 0 Å². The SMILES string of the molecule is COC1C(/C=C(\CCN2C(=O)c3ccccc3C2=O)C(F)(F)F)O[C@@H]2OC(C)(C)O[C@H]12. The average Bonchev–Trinajstić information content (AvgIpc) is 3.24. The number of alkyl halides is 3. The normalized spacial score (nSPS) is 30.1. The lowest BCUT2D eigenvalue weighted by Gasteiger charge is -2.24. The maximum Gasteiger partial charge on any atom is 0.412 e. The van der Waals surface area contributed by atoms with E-state index in [1.165, 1.54) is 19.2 Å². The molecule has 2 amide bonds. The first-order valence-corrected chi connectivity index (χ1v) is 9.79. The third kappa shape index (κ3) is 4.00. The van der Waals surface area contributed by atoms with Gasteiger partial charge in [-0.1, -0.05) is 12.1 Å². The van der Waals surface area contributed by atoms with Crippen LogP contribution in [-0.2, 0) is 18.9 Å². The van der Waals surface area contributed by atoms with Gasteiger partial charge >= 0.3 is 6.18 Å². The topological polar surface area (TPSA) is 74.3 Å². The molecule has 7 nitrogen and oxygen atoms in total. The second-order valence-corrected chi connectivity index (χ2v) is 8.02. The fourth-order valence-corrected chi connectivity index (χ4v) is 4.10. The second-order valence-electron chi connectivity index (χ2n) is 8.02. The maximum atomic E-state index is 13.7. The minimum absolute atomic E-state index is 0.188. The molecule has 2 saturated heterocycles. The third-order valence-corrected chi connectivity index (χ3v) is 5.51. The number of imide groups is 1. The van der Waals surface area contributed by atoms with Crippen LogP contribution in [0.4, 0.5) is 13.2 Å². The van der Waals surface area contributed by atoms with E-state index in [0.717, 1.165) is 11.0 Å². The van der Waals surface area contributed by atoms with Crippen LogP contribution < -0.4 is 0 Å². The fraction of sp³-hybridized carbons (Fsp3) is 0.524. The van der Waals surface area contributed by atoms with Crippen LogP contribution in [0.15, 0.2) is 35.9 Å². The second kappa shape index (κ2) is 7.70. The number of carbonyl (C=O) groups is 2. The number of nitrogens with zero attached hydrogens (tertiary/aromatic N) is 1. The van der Waals surface area contributed by atoms with Crippen LogP contribution in [0.5, 0.6) is 0 Å². The van der Waals surface area contributed by atoms with E-state index < -0.39 is 66.9 Å².